The van der Waals surface area contributed by atoms with Gasteiger partial charge in [-0.25, -0.2) is 4.79 Å². The summed E-state index contributed by atoms with van der Waals surface area (Å²) >= 11 is -0.278. The van der Waals surface area contributed by atoms with Crippen LogP contribution in [0.1, 0.15) is 15.9 Å². The molecule has 0 unspecified atom stereocenters. The van der Waals surface area contributed by atoms with Gasteiger partial charge in [0.1, 0.15) is 5.75 Å². The van der Waals surface area contributed by atoms with Crippen LogP contribution in [0.3, 0.4) is 0 Å². The second kappa shape index (κ2) is 9.31. The third kappa shape index (κ3) is 7.22. The van der Waals surface area contributed by atoms with Crippen molar-refractivity contribution in [1.82, 2.24) is 5.32 Å². The van der Waals surface area contributed by atoms with Gasteiger partial charge < -0.3 is 14.8 Å². The molecule has 9 heteroatoms. The van der Waals surface area contributed by atoms with E-state index in [1.54, 1.807) is 31.4 Å². The van der Waals surface area contributed by atoms with E-state index < -0.39 is 24.0 Å². The zero-order valence-electron chi connectivity index (χ0n) is 14.2. The summed E-state index contributed by atoms with van der Waals surface area (Å²) in [7, 11) is 1.55. The van der Waals surface area contributed by atoms with Crippen molar-refractivity contribution in [2.24, 2.45) is 0 Å². The lowest BCUT2D eigenvalue weighted by atomic mass is 10.2. The van der Waals surface area contributed by atoms with Gasteiger partial charge in [-0.2, -0.15) is 13.2 Å². The Balaban J connectivity index is 1.77. The van der Waals surface area contributed by atoms with Crippen LogP contribution in [0.25, 0.3) is 0 Å². The first-order chi connectivity index (χ1) is 12.8. The molecule has 0 spiro atoms. The minimum atomic E-state index is -4.40. The Morgan fingerprint density at radius 3 is 2.22 bits per heavy atom. The number of amides is 1. The molecule has 0 aliphatic rings. The number of rotatable bonds is 7. The van der Waals surface area contributed by atoms with Gasteiger partial charge in [0.15, 0.2) is 6.61 Å². The topological polar surface area (TPSA) is 64.6 Å². The van der Waals surface area contributed by atoms with E-state index in [9.17, 15) is 22.8 Å². The van der Waals surface area contributed by atoms with E-state index in [0.29, 0.717) is 5.75 Å². The molecule has 0 heterocycles. The molecule has 1 amide bonds. The van der Waals surface area contributed by atoms with Gasteiger partial charge in [0.25, 0.3) is 5.91 Å². The number of carbonyl (C=O) groups excluding carboxylic acids is 2. The van der Waals surface area contributed by atoms with Crippen molar-refractivity contribution in [3.05, 3.63) is 59.7 Å². The van der Waals surface area contributed by atoms with Crippen LogP contribution in [0.2, 0.25) is 0 Å². The maximum absolute atomic E-state index is 12.3. The second-order valence-corrected chi connectivity index (χ2v) is 6.41. The molecule has 5 nitrogen and oxygen atoms in total. The van der Waals surface area contributed by atoms with Gasteiger partial charge >= 0.3 is 11.5 Å². The van der Waals surface area contributed by atoms with Crippen LogP contribution >= 0.6 is 11.8 Å². The molecule has 0 bridgehead atoms. The average molecular weight is 399 g/mol. The number of carbonyl (C=O) groups is 2. The van der Waals surface area contributed by atoms with Crippen LogP contribution in [0, 0.1) is 0 Å². The number of halogens is 3. The molecule has 0 aromatic heterocycles. The van der Waals surface area contributed by atoms with Crippen molar-refractivity contribution in [1.29, 1.82) is 0 Å². The molecule has 144 valence electrons. The molecular formula is C18H16F3NO4S. The normalized spacial score (nSPS) is 11.0. The van der Waals surface area contributed by atoms with E-state index in [2.05, 4.69) is 5.32 Å². The van der Waals surface area contributed by atoms with Crippen molar-refractivity contribution in [2.45, 2.75) is 16.9 Å². The zero-order valence-corrected chi connectivity index (χ0v) is 15.0. The Kier molecular flexibility index (Phi) is 7.12. The summed E-state index contributed by atoms with van der Waals surface area (Å²) in [5.74, 6) is -0.597. The third-order valence-electron chi connectivity index (χ3n) is 3.31. The first-order valence-electron chi connectivity index (χ1n) is 7.69. The maximum atomic E-state index is 12.3. The maximum Gasteiger partial charge on any atom is 0.446 e. The van der Waals surface area contributed by atoms with E-state index in [4.69, 9.17) is 9.47 Å². The summed E-state index contributed by atoms with van der Waals surface area (Å²) in [5.41, 5.74) is -3.50. The standard InChI is InChI=1S/C18H16F3NO4S/c1-25-14-6-2-12(3-7-14)10-22-16(23)11-26-17(24)13-4-8-15(9-5-13)27-18(19,20)21/h2-9H,10-11H2,1H3,(H,22,23). The van der Waals surface area contributed by atoms with Crippen LogP contribution in [-0.4, -0.2) is 31.1 Å². The molecule has 2 rings (SSSR count). The number of alkyl halides is 3. The summed E-state index contributed by atoms with van der Waals surface area (Å²) in [6.45, 7) is -0.238. The summed E-state index contributed by atoms with van der Waals surface area (Å²) in [6, 6.07) is 11.8. The number of nitrogens with one attached hydrogen (secondary N) is 1. The third-order valence-corrected chi connectivity index (χ3v) is 4.05. The average Bonchev–Trinajstić information content (AvgIpc) is 2.64. The molecule has 0 aliphatic carbocycles. The monoisotopic (exact) mass is 399 g/mol. The summed E-state index contributed by atoms with van der Waals surface area (Å²) in [5, 5.41) is 2.59. The van der Waals surface area contributed by atoms with Crippen molar-refractivity contribution in [3.8, 4) is 5.75 Å². The van der Waals surface area contributed by atoms with Gasteiger partial charge in [-0.15, -0.1) is 0 Å². The SMILES string of the molecule is COc1ccc(CNC(=O)COC(=O)c2ccc(SC(F)(F)F)cc2)cc1. The molecule has 0 aliphatic heterocycles. The molecular weight excluding hydrogens is 383 g/mol. The Labute approximate surface area is 157 Å². The fourth-order valence-electron chi connectivity index (χ4n) is 2.00. The van der Waals surface area contributed by atoms with Crippen LogP contribution in [0.4, 0.5) is 13.2 Å². The number of hydrogen-bond acceptors (Lipinski definition) is 5. The molecule has 0 saturated heterocycles. The van der Waals surface area contributed by atoms with Gasteiger partial charge in [-0.3, -0.25) is 4.79 Å². The first kappa shape index (κ1) is 20.6. The van der Waals surface area contributed by atoms with Crippen molar-refractivity contribution < 1.29 is 32.2 Å². The number of benzene rings is 2. The van der Waals surface area contributed by atoms with Gasteiger partial charge in [0, 0.05) is 11.4 Å². The highest BCUT2D eigenvalue weighted by Gasteiger charge is 2.29. The van der Waals surface area contributed by atoms with Crippen molar-refractivity contribution >= 4 is 23.6 Å². The van der Waals surface area contributed by atoms with Gasteiger partial charge in [-0.1, -0.05) is 12.1 Å². The van der Waals surface area contributed by atoms with E-state index in [1.165, 1.54) is 24.3 Å². The van der Waals surface area contributed by atoms with Gasteiger partial charge in [-0.05, 0) is 53.7 Å². The lowest BCUT2D eigenvalue weighted by Gasteiger charge is -2.08. The van der Waals surface area contributed by atoms with Gasteiger partial charge in [0.2, 0.25) is 0 Å². The molecule has 0 atom stereocenters. The molecule has 0 radical (unpaired) electrons. The largest absolute Gasteiger partial charge is 0.497 e. The van der Waals surface area contributed by atoms with Crippen molar-refractivity contribution in [2.75, 3.05) is 13.7 Å². The predicted octanol–water partition coefficient (Wildman–Crippen LogP) is 3.78. The second-order valence-electron chi connectivity index (χ2n) is 5.27. The highest BCUT2D eigenvalue weighted by atomic mass is 32.2. The zero-order chi connectivity index (χ0) is 19.9. The first-order valence-corrected chi connectivity index (χ1v) is 8.51. The highest BCUT2D eigenvalue weighted by Crippen LogP contribution is 2.36. The molecule has 2 aromatic rings. The summed E-state index contributed by atoms with van der Waals surface area (Å²) in [4.78, 5) is 23.5. The Morgan fingerprint density at radius 2 is 1.67 bits per heavy atom. The van der Waals surface area contributed by atoms with E-state index in [1.807, 2.05) is 0 Å². The van der Waals surface area contributed by atoms with Crippen LogP contribution in [0.15, 0.2) is 53.4 Å². The molecule has 0 fully saturated rings. The Hall–Kier alpha value is -2.68. The van der Waals surface area contributed by atoms with E-state index >= 15 is 0 Å². The lowest BCUT2D eigenvalue weighted by molar-refractivity contribution is -0.124. The molecule has 1 N–H and O–H groups in total. The minimum Gasteiger partial charge on any atom is -0.497 e. The lowest BCUT2D eigenvalue weighted by Crippen LogP contribution is -2.28. The number of hydrogen-bond donors (Lipinski definition) is 1. The molecule has 2 aromatic carbocycles. The smallest absolute Gasteiger partial charge is 0.446 e. The quantitative estimate of drug-likeness (QED) is 0.567. The number of thioether (sulfide) groups is 1. The summed E-state index contributed by atoms with van der Waals surface area (Å²) in [6.07, 6.45) is 0. The molecule has 27 heavy (non-hydrogen) atoms. The van der Waals surface area contributed by atoms with Crippen LogP contribution in [0.5, 0.6) is 5.75 Å². The number of methoxy groups -OCH3 is 1. The van der Waals surface area contributed by atoms with E-state index in [0.717, 1.165) is 5.56 Å². The number of ether oxygens (including phenoxy) is 2. The fraction of sp³-hybridized carbons (Fsp3) is 0.222. The fourth-order valence-corrected chi connectivity index (χ4v) is 2.54. The highest BCUT2D eigenvalue weighted by molar-refractivity contribution is 8.00. The van der Waals surface area contributed by atoms with Crippen LogP contribution in [-0.2, 0) is 16.1 Å². The number of esters is 1. The van der Waals surface area contributed by atoms with Gasteiger partial charge in [0.05, 0.1) is 12.7 Å². The summed E-state index contributed by atoms with van der Waals surface area (Å²) < 4.78 is 46.7. The molecule has 0 saturated carbocycles. The van der Waals surface area contributed by atoms with E-state index in [-0.39, 0.29) is 28.8 Å². The van der Waals surface area contributed by atoms with Crippen molar-refractivity contribution in [3.63, 3.8) is 0 Å². The Morgan fingerprint density at radius 1 is 1.04 bits per heavy atom. The Bertz CT molecular complexity index is 777. The minimum absolute atomic E-state index is 0.0451. The predicted molar refractivity (Wildman–Crippen MR) is 93.5 cm³/mol. The van der Waals surface area contributed by atoms with Crippen LogP contribution < -0.4 is 10.1 Å².